The van der Waals surface area contributed by atoms with E-state index in [9.17, 15) is 4.79 Å². The van der Waals surface area contributed by atoms with Crippen LogP contribution in [0.3, 0.4) is 0 Å². The van der Waals surface area contributed by atoms with Gasteiger partial charge in [-0.2, -0.15) is 5.10 Å². The number of aromatic nitrogens is 2. The molecule has 3 heterocycles. The number of rotatable bonds is 7. The molecule has 0 radical (unpaired) electrons. The highest BCUT2D eigenvalue weighted by molar-refractivity contribution is 9.10. The van der Waals surface area contributed by atoms with Gasteiger partial charge in [-0.1, -0.05) is 27.5 Å². The molecule has 0 saturated carbocycles. The van der Waals surface area contributed by atoms with Crippen molar-refractivity contribution in [3.63, 3.8) is 0 Å². The average Bonchev–Trinajstić information content (AvgIpc) is 3.40. The lowest BCUT2D eigenvalue weighted by Crippen LogP contribution is -2.48. The second-order valence-electron chi connectivity index (χ2n) is 7.79. The lowest BCUT2D eigenvalue weighted by molar-refractivity contribution is 0.0594. The van der Waals surface area contributed by atoms with E-state index in [0.29, 0.717) is 35.4 Å². The third-order valence-electron chi connectivity index (χ3n) is 5.56. The average molecular weight is 522 g/mol. The molecule has 1 amide bonds. The summed E-state index contributed by atoms with van der Waals surface area (Å²) in [5.74, 6) is 1.39. The number of nitrogens with zero attached hydrogens (tertiary/aromatic N) is 4. The molecule has 1 aliphatic rings. The van der Waals surface area contributed by atoms with Gasteiger partial charge in [0.25, 0.3) is 5.91 Å². The van der Waals surface area contributed by atoms with Crippen molar-refractivity contribution in [1.29, 1.82) is 0 Å². The summed E-state index contributed by atoms with van der Waals surface area (Å²) in [6, 6.07) is 8.89. The Morgan fingerprint density at radius 3 is 2.69 bits per heavy atom. The van der Waals surface area contributed by atoms with Gasteiger partial charge in [0.05, 0.1) is 10.7 Å². The fourth-order valence-electron chi connectivity index (χ4n) is 3.69. The fraction of sp³-hybridized carbons (Fsp3) is 0.391. The Balaban J connectivity index is 1.29. The minimum Gasteiger partial charge on any atom is -0.484 e. The van der Waals surface area contributed by atoms with Crippen molar-refractivity contribution in [1.82, 2.24) is 19.6 Å². The summed E-state index contributed by atoms with van der Waals surface area (Å²) >= 11 is 9.55. The topological polar surface area (TPSA) is 63.7 Å². The molecule has 2 aromatic heterocycles. The molecular formula is C23H26BrClN4O3. The second kappa shape index (κ2) is 10.1. The smallest absolute Gasteiger partial charge is 0.289 e. The Morgan fingerprint density at radius 1 is 1.22 bits per heavy atom. The molecule has 0 aliphatic carbocycles. The van der Waals surface area contributed by atoms with E-state index in [4.69, 9.17) is 20.8 Å². The molecule has 0 spiro atoms. The molecular weight excluding hydrogens is 496 g/mol. The fourth-order valence-corrected chi connectivity index (χ4v) is 4.42. The number of amides is 1. The SMILES string of the molecule is CCn1cc(CN2CCN(C(=O)c3ccc(COc4ccc(Br)cc4Cl)o3)CC2)c(C)n1. The number of aryl methyl sites for hydroxylation is 2. The van der Waals surface area contributed by atoms with Crippen LogP contribution < -0.4 is 4.74 Å². The summed E-state index contributed by atoms with van der Waals surface area (Å²) in [6.07, 6.45) is 2.11. The van der Waals surface area contributed by atoms with E-state index in [1.807, 2.05) is 22.6 Å². The first-order valence-corrected chi connectivity index (χ1v) is 11.8. The largest absolute Gasteiger partial charge is 0.484 e. The number of carbonyl (C=O) groups is 1. The van der Waals surface area contributed by atoms with Gasteiger partial charge in [-0.05, 0) is 44.2 Å². The number of piperazine rings is 1. The number of benzene rings is 1. The van der Waals surface area contributed by atoms with Crippen LogP contribution in [-0.4, -0.2) is 51.7 Å². The summed E-state index contributed by atoms with van der Waals surface area (Å²) in [4.78, 5) is 17.1. The van der Waals surface area contributed by atoms with E-state index in [-0.39, 0.29) is 12.5 Å². The molecule has 7 nitrogen and oxygen atoms in total. The zero-order chi connectivity index (χ0) is 22.7. The first kappa shape index (κ1) is 22.9. The molecule has 1 aliphatic heterocycles. The maximum absolute atomic E-state index is 12.9. The molecule has 9 heteroatoms. The van der Waals surface area contributed by atoms with Crippen LogP contribution >= 0.6 is 27.5 Å². The minimum atomic E-state index is -0.0902. The number of ether oxygens (including phenoxy) is 1. The third-order valence-corrected chi connectivity index (χ3v) is 6.35. The Labute approximate surface area is 201 Å². The highest BCUT2D eigenvalue weighted by Gasteiger charge is 2.25. The highest BCUT2D eigenvalue weighted by Crippen LogP contribution is 2.28. The van der Waals surface area contributed by atoms with Gasteiger partial charge in [-0.3, -0.25) is 14.4 Å². The number of hydrogen-bond donors (Lipinski definition) is 0. The third kappa shape index (κ3) is 5.36. The summed E-state index contributed by atoms with van der Waals surface area (Å²) in [6.45, 7) is 9.04. The molecule has 0 atom stereocenters. The Bertz CT molecular complexity index is 1090. The molecule has 1 saturated heterocycles. The van der Waals surface area contributed by atoms with Crippen molar-refractivity contribution in [2.75, 3.05) is 26.2 Å². The molecule has 4 rings (SSSR count). The van der Waals surface area contributed by atoms with E-state index < -0.39 is 0 Å². The molecule has 0 unspecified atom stereocenters. The van der Waals surface area contributed by atoms with Gasteiger partial charge in [0.2, 0.25) is 0 Å². The Morgan fingerprint density at radius 2 is 2.00 bits per heavy atom. The summed E-state index contributed by atoms with van der Waals surface area (Å²) in [5.41, 5.74) is 2.31. The van der Waals surface area contributed by atoms with Gasteiger partial charge in [0.15, 0.2) is 5.76 Å². The number of furan rings is 1. The first-order valence-electron chi connectivity index (χ1n) is 10.6. The van der Waals surface area contributed by atoms with Crippen molar-refractivity contribution in [2.24, 2.45) is 0 Å². The number of halogens is 2. The van der Waals surface area contributed by atoms with Crippen LogP contribution in [0.4, 0.5) is 0 Å². The van der Waals surface area contributed by atoms with Crippen molar-refractivity contribution in [3.05, 3.63) is 68.8 Å². The van der Waals surface area contributed by atoms with Crippen LogP contribution in [0.2, 0.25) is 5.02 Å². The summed E-state index contributed by atoms with van der Waals surface area (Å²) in [7, 11) is 0. The van der Waals surface area contributed by atoms with Crippen LogP contribution in [0.5, 0.6) is 5.75 Å². The first-order chi connectivity index (χ1) is 15.4. The quantitative estimate of drug-likeness (QED) is 0.449. The van der Waals surface area contributed by atoms with Gasteiger partial charge in [-0.25, -0.2) is 0 Å². The maximum atomic E-state index is 12.9. The molecule has 3 aromatic rings. The molecule has 0 N–H and O–H groups in total. The molecule has 0 bridgehead atoms. The van der Waals surface area contributed by atoms with E-state index in [2.05, 4.69) is 39.0 Å². The number of carbonyl (C=O) groups excluding carboxylic acids is 1. The van der Waals surface area contributed by atoms with Crippen molar-refractivity contribution in [3.8, 4) is 5.75 Å². The number of hydrogen-bond acceptors (Lipinski definition) is 5. The van der Waals surface area contributed by atoms with Gasteiger partial charge >= 0.3 is 0 Å². The van der Waals surface area contributed by atoms with Crippen LogP contribution in [-0.2, 0) is 19.7 Å². The van der Waals surface area contributed by atoms with Gasteiger partial charge < -0.3 is 14.1 Å². The van der Waals surface area contributed by atoms with Crippen LogP contribution in [0.15, 0.2) is 45.4 Å². The van der Waals surface area contributed by atoms with E-state index in [1.54, 1.807) is 24.3 Å². The predicted molar refractivity (Wildman–Crippen MR) is 126 cm³/mol. The predicted octanol–water partition coefficient (Wildman–Crippen LogP) is 4.76. The summed E-state index contributed by atoms with van der Waals surface area (Å²) < 4.78 is 14.3. The lowest BCUT2D eigenvalue weighted by Gasteiger charge is -2.34. The lowest BCUT2D eigenvalue weighted by atomic mass is 10.2. The standard InChI is InChI=1S/C23H26BrClN4O3/c1-3-29-14-17(16(2)26-29)13-27-8-10-28(11-9-27)23(30)22-7-5-19(32-22)15-31-21-6-4-18(24)12-20(21)25/h4-7,12,14H,3,8-11,13,15H2,1-2H3. The summed E-state index contributed by atoms with van der Waals surface area (Å²) in [5, 5.41) is 5.03. The van der Waals surface area contributed by atoms with Crippen molar-refractivity contribution in [2.45, 2.75) is 33.5 Å². The van der Waals surface area contributed by atoms with Gasteiger partial charge in [0.1, 0.15) is 18.1 Å². The Kier molecular flexibility index (Phi) is 7.23. The van der Waals surface area contributed by atoms with Crippen LogP contribution in [0, 0.1) is 6.92 Å². The Hall–Kier alpha value is -2.29. The highest BCUT2D eigenvalue weighted by atomic mass is 79.9. The van der Waals surface area contributed by atoms with E-state index in [1.165, 1.54) is 5.56 Å². The second-order valence-corrected chi connectivity index (χ2v) is 9.12. The normalized spacial score (nSPS) is 14.7. The molecule has 1 aromatic carbocycles. The molecule has 1 fully saturated rings. The maximum Gasteiger partial charge on any atom is 0.289 e. The van der Waals surface area contributed by atoms with Crippen molar-refractivity contribution < 1.29 is 13.9 Å². The molecule has 170 valence electrons. The van der Waals surface area contributed by atoms with E-state index >= 15 is 0 Å². The van der Waals surface area contributed by atoms with Crippen molar-refractivity contribution >= 4 is 33.4 Å². The van der Waals surface area contributed by atoms with Gasteiger partial charge in [-0.15, -0.1) is 0 Å². The zero-order valence-corrected chi connectivity index (χ0v) is 20.5. The van der Waals surface area contributed by atoms with Crippen LogP contribution in [0.1, 0.15) is 34.5 Å². The van der Waals surface area contributed by atoms with Gasteiger partial charge in [0, 0.05) is 55.5 Å². The van der Waals surface area contributed by atoms with Crippen LogP contribution in [0.25, 0.3) is 0 Å². The van der Waals surface area contributed by atoms with E-state index in [0.717, 1.165) is 36.3 Å². The molecule has 32 heavy (non-hydrogen) atoms. The monoisotopic (exact) mass is 520 g/mol. The minimum absolute atomic E-state index is 0.0902. The zero-order valence-electron chi connectivity index (χ0n) is 18.2.